The Morgan fingerprint density at radius 1 is 1.26 bits per heavy atom. The van der Waals surface area contributed by atoms with Crippen molar-refractivity contribution in [1.82, 2.24) is 19.9 Å². The van der Waals surface area contributed by atoms with Crippen LogP contribution in [0.15, 0.2) is 23.8 Å². The van der Waals surface area contributed by atoms with Crippen LogP contribution in [0.25, 0.3) is 0 Å². The van der Waals surface area contributed by atoms with E-state index in [1.807, 2.05) is 17.6 Å². The fourth-order valence-corrected chi connectivity index (χ4v) is 2.87. The predicted molar refractivity (Wildman–Crippen MR) is 76.9 cm³/mol. The summed E-state index contributed by atoms with van der Waals surface area (Å²) in [6, 6.07) is 2.03. The van der Waals surface area contributed by atoms with Crippen LogP contribution in [-0.4, -0.2) is 40.0 Å². The van der Waals surface area contributed by atoms with E-state index >= 15 is 0 Å². The van der Waals surface area contributed by atoms with Gasteiger partial charge in [-0.05, 0) is 39.0 Å². The minimum Gasteiger partial charge on any atom is -0.306 e. The molecular formula is C13H17N5S. The van der Waals surface area contributed by atoms with E-state index in [0.29, 0.717) is 11.9 Å². The van der Waals surface area contributed by atoms with Gasteiger partial charge in [-0.15, -0.1) is 11.3 Å². The molecule has 3 rings (SSSR count). The van der Waals surface area contributed by atoms with E-state index in [9.17, 15) is 0 Å². The van der Waals surface area contributed by atoms with Crippen LogP contribution in [-0.2, 0) is 0 Å². The first kappa shape index (κ1) is 12.5. The SMILES string of the molecule is CN1CCC(c2ccnc(Nc3nccs3)n2)CC1. The summed E-state index contributed by atoms with van der Waals surface area (Å²) in [6.45, 7) is 2.29. The first-order valence-corrected chi connectivity index (χ1v) is 7.37. The highest BCUT2D eigenvalue weighted by molar-refractivity contribution is 7.13. The zero-order chi connectivity index (χ0) is 13.1. The van der Waals surface area contributed by atoms with Gasteiger partial charge in [-0.25, -0.2) is 15.0 Å². The maximum Gasteiger partial charge on any atom is 0.229 e. The number of likely N-dealkylation sites (tertiary alicyclic amines) is 1. The van der Waals surface area contributed by atoms with Crippen LogP contribution in [0.1, 0.15) is 24.5 Å². The number of hydrogen-bond donors (Lipinski definition) is 1. The molecular weight excluding hydrogens is 258 g/mol. The molecule has 0 saturated carbocycles. The van der Waals surface area contributed by atoms with Gasteiger partial charge < -0.3 is 10.2 Å². The molecule has 0 atom stereocenters. The first-order chi connectivity index (χ1) is 9.31. The zero-order valence-electron chi connectivity index (χ0n) is 10.9. The topological polar surface area (TPSA) is 53.9 Å². The number of rotatable bonds is 3. The molecule has 0 amide bonds. The van der Waals surface area contributed by atoms with Crippen molar-refractivity contribution in [3.63, 3.8) is 0 Å². The van der Waals surface area contributed by atoms with Crippen LogP contribution < -0.4 is 5.32 Å². The van der Waals surface area contributed by atoms with Gasteiger partial charge in [-0.2, -0.15) is 0 Å². The highest BCUT2D eigenvalue weighted by Crippen LogP contribution is 2.26. The summed E-state index contributed by atoms with van der Waals surface area (Å²) < 4.78 is 0. The third kappa shape index (κ3) is 3.08. The first-order valence-electron chi connectivity index (χ1n) is 6.49. The van der Waals surface area contributed by atoms with Gasteiger partial charge in [0.05, 0.1) is 0 Å². The Balaban J connectivity index is 1.72. The molecule has 3 heterocycles. The molecule has 1 saturated heterocycles. The molecule has 6 heteroatoms. The van der Waals surface area contributed by atoms with E-state index in [-0.39, 0.29) is 0 Å². The van der Waals surface area contributed by atoms with Gasteiger partial charge >= 0.3 is 0 Å². The largest absolute Gasteiger partial charge is 0.306 e. The fraction of sp³-hybridized carbons (Fsp3) is 0.462. The average Bonchev–Trinajstić information content (AvgIpc) is 2.93. The van der Waals surface area contributed by atoms with Crippen LogP contribution in [0.2, 0.25) is 0 Å². The van der Waals surface area contributed by atoms with Crippen molar-refractivity contribution in [3.8, 4) is 0 Å². The number of anilines is 2. The van der Waals surface area contributed by atoms with Gasteiger partial charge in [0.15, 0.2) is 5.13 Å². The van der Waals surface area contributed by atoms with Gasteiger partial charge in [-0.1, -0.05) is 0 Å². The summed E-state index contributed by atoms with van der Waals surface area (Å²) in [7, 11) is 2.17. The van der Waals surface area contributed by atoms with Gasteiger partial charge in [0.2, 0.25) is 5.95 Å². The van der Waals surface area contributed by atoms with Gasteiger partial charge in [0, 0.05) is 29.4 Å². The highest BCUT2D eigenvalue weighted by atomic mass is 32.1. The third-order valence-electron chi connectivity index (χ3n) is 3.47. The lowest BCUT2D eigenvalue weighted by Crippen LogP contribution is -2.29. The lowest BCUT2D eigenvalue weighted by Gasteiger charge is -2.28. The normalized spacial score (nSPS) is 17.5. The summed E-state index contributed by atoms with van der Waals surface area (Å²) in [5, 5.41) is 5.91. The van der Waals surface area contributed by atoms with Gasteiger partial charge in [0.25, 0.3) is 0 Å². The van der Waals surface area contributed by atoms with E-state index in [1.54, 1.807) is 17.5 Å². The van der Waals surface area contributed by atoms with Crippen molar-refractivity contribution in [2.45, 2.75) is 18.8 Å². The molecule has 0 spiro atoms. The van der Waals surface area contributed by atoms with Crippen molar-refractivity contribution in [2.75, 3.05) is 25.5 Å². The molecule has 19 heavy (non-hydrogen) atoms. The van der Waals surface area contributed by atoms with Crippen molar-refractivity contribution in [2.24, 2.45) is 0 Å². The van der Waals surface area contributed by atoms with Crippen LogP contribution in [0.3, 0.4) is 0 Å². The molecule has 0 unspecified atom stereocenters. The van der Waals surface area contributed by atoms with Crippen LogP contribution in [0.4, 0.5) is 11.1 Å². The molecule has 0 aromatic carbocycles. The molecule has 1 aliphatic heterocycles. The van der Waals surface area contributed by atoms with Crippen LogP contribution >= 0.6 is 11.3 Å². The third-order valence-corrected chi connectivity index (χ3v) is 4.15. The second-order valence-corrected chi connectivity index (χ2v) is 5.74. The number of thiazole rings is 1. The summed E-state index contributed by atoms with van der Waals surface area (Å²) in [4.78, 5) is 15.4. The molecule has 2 aromatic heterocycles. The summed E-state index contributed by atoms with van der Waals surface area (Å²) in [5.41, 5.74) is 1.14. The molecule has 0 aliphatic carbocycles. The minimum absolute atomic E-state index is 0.552. The van der Waals surface area contributed by atoms with Gasteiger partial charge in [-0.3, -0.25) is 0 Å². The molecule has 1 aliphatic rings. The lowest BCUT2D eigenvalue weighted by molar-refractivity contribution is 0.253. The number of nitrogens with one attached hydrogen (secondary N) is 1. The predicted octanol–water partition coefficient (Wildman–Crippen LogP) is 2.49. The molecule has 0 radical (unpaired) electrons. The van der Waals surface area contributed by atoms with Crippen molar-refractivity contribution in [1.29, 1.82) is 0 Å². The highest BCUT2D eigenvalue weighted by Gasteiger charge is 2.19. The fourth-order valence-electron chi connectivity index (χ4n) is 2.35. The van der Waals surface area contributed by atoms with E-state index < -0.39 is 0 Å². The Kier molecular flexibility index (Phi) is 3.70. The van der Waals surface area contributed by atoms with Crippen molar-refractivity contribution >= 4 is 22.4 Å². The quantitative estimate of drug-likeness (QED) is 0.932. The number of nitrogens with zero attached hydrogens (tertiary/aromatic N) is 4. The maximum atomic E-state index is 4.62. The van der Waals surface area contributed by atoms with Crippen molar-refractivity contribution < 1.29 is 0 Å². The molecule has 100 valence electrons. The molecule has 5 nitrogen and oxygen atoms in total. The van der Waals surface area contributed by atoms with Crippen molar-refractivity contribution in [3.05, 3.63) is 29.5 Å². The molecule has 1 N–H and O–H groups in total. The van der Waals surface area contributed by atoms with Crippen LogP contribution in [0, 0.1) is 0 Å². The molecule has 2 aromatic rings. The number of aromatic nitrogens is 3. The van der Waals surface area contributed by atoms with E-state index in [0.717, 1.165) is 23.9 Å². The molecule has 1 fully saturated rings. The Labute approximate surface area is 116 Å². The summed E-state index contributed by atoms with van der Waals surface area (Å²) >= 11 is 1.55. The number of hydrogen-bond acceptors (Lipinski definition) is 6. The summed E-state index contributed by atoms with van der Waals surface area (Å²) in [6.07, 6.45) is 5.94. The smallest absolute Gasteiger partial charge is 0.229 e. The van der Waals surface area contributed by atoms with E-state index in [1.165, 1.54) is 12.8 Å². The lowest BCUT2D eigenvalue weighted by atomic mass is 9.94. The zero-order valence-corrected chi connectivity index (χ0v) is 11.7. The second-order valence-electron chi connectivity index (χ2n) is 4.84. The Bertz CT molecular complexity index is 520. The maximum absolute atomic E-state index is 4.62. The standard InChI is InChI=1S/C13H17N5S/c1-18-7-3-10(4-8-18)11-2-5-14-12(16-11)17-13-15-6-9-19-13/h2,5-6,9-10H,3-4,7-8H2,1H3,(H,14,15,16,17). The minimum atomic E-state index is 0.552. The second kappa shape index (κ2) is 5.63. The van der Waals surface area contributed by atoms with E-state index in [4.69, 9.17) is 0 Å². The van der Waals surface area contributed by atoms with Gasteiger partial charge in [0.1, 0.15) is 0 Å². The monoisotopic (exact) mass is 275 g/mol. The number of piperidine rings is 1. The molecule has 0 bridgehead atoms. The van der Waals surface area contributed by atoms with E-state index in [2.05, 4.69) is 32.2 Å². The summed E-state index contributed by atoms with van der Waals surface area (Å²) in [5.74, 6) is 1.20. The Hall–Kier alpha value is -1.53. The Morgan fingerprint density at radius 2 is 2.11 bits per heavy atom. The average molecular weight is 275 g/mol. The van der Waals surface area contributed by atoms with Crippen LogP contribution in [0.5, 0.6) is 0 Å². The Morgan fingerprint density at radius 3 is 2.84 bits per heavy atom.